The van der Waals surface area contributed by atoms with Crippen LogP contribution in [0.5, 0.6) is 5.75 Å². The Balaban J connectivity index is 0.00000544. The molecular weight excluding hydrogens is 914 g/mol. The number of para-hydroxylation sites is 1. The molecule has 0 saturated carbocycles. The zero-order valence-corrected chi connectivity index (χ0v) is 36.5. The van der Waals surface area contributed by atoms with Crippen LogP contribution in [0.15, 0.2) is 164 Å². The van der Waals surface area contributed by atoms with Gasteiger partial charge in [-0.25, -0.2) is 4.98 Å². The molecule has 298 valence electrons. The molecule has 0 aliphatic rings. The number of imidazole rings is 1. The maximum absolute atomic E-state index is 12.2. The first-order valence-electron chi connectivity index (χ1n) is 21.5. The summed E-state index contributed by atoms with van der Waals surface area (Å²) in [5.74, 6) is 0.686. The maximum Gasteiger partial charge on any atom is 0.148 e. The largest absolute Gasteiger partial charge is 0.507 e. The Hall–Kier alpha value is -6.35. The molecule has 0 bridgehead atoms. The number of aromatic nitrogens is 3. The maximum atomic E-state index is 12.2. The van der Waals surface area contributed by atoms with Crippen LogP contribution in [0.1, 0.15) is 47.1 Å². The van der Waals surface area contributed by atoms with E-state index in [-0.39, 0.29) is 37.8 Å². The molecule has 0 aliphatic heterocycles. The molecule has 4 nitrogen and oxygen atoms in total. The van der Waals surface area contributed by atoms with Gasteiger partial charge < -0.3 is 5.11 Å². The number of pyridine rings is 1. The van der Waals surface area contributed by atoms with Crippen molar-refractivity contribution in [1.29, 1.82) is 0 Å². The smallest absolute Gasteiger partial charge is 0.148 e. The Kier molecular flexibility index (Phi) is 10.0. The minimum atomic E-state index is -2.32. The van der Waals surface area contributed by atoms with Crippen molar-refractivity contribution in [3.63, 3.8) is 0 Å². The number of nitrogens with zero attached hydrogens (tertiary/aromatic N) is 3. The number of benzene rings is 7. The van der Waals surface area contributed by atoms with E-state index < -0.39 is 6.85 Å². The quantitative estimate of drug-likeness (QED) is 0.162. The van der Waals surface area contributed by atoms with E-state index in [4.69, 9.17) is 14.1 Å². The minimum absolute atomic E-state index is 0. The Morgan fingerprint density at radius 3 is 1.97 bits per heavy atom. The Bertz CT molecular complexity index is 3120. The van der Waals surface area contributed by atoms with E-state index in [1.165, 1.54) is 5.56 Å². The van der Waals surface area contributed by atoms with Gasteiger partial charge in [0, 0.05) is 48.2 Å². The number of aromatic hydroxyl groups is 1. The van der Waals surface area contributed by atoms with Crippen molar-refractivity contribution in [3.8, 4) is 78.6 Å². The van der Waals surface area contributed by atoms with Crippen LogP contribution in [0, 0.1) is 26.8 Å². The summed E-state index contributed by atoms with van der Waals surface area (Å²) in [6.07, 6.45) is 1.85. The molecule has 0 atom stereocenters. The average molecular weight is 963 g/mol. The van der Waals surface area contributed by atoms with E-state index in [1.807, 2.05) is 98.0 Å². The van der Waals surface area contributed by atoms with Gasteiger partial charge in [-0.15, -0.1) is 23.8 Å². The number of phenolic OH excluding ortho intramolecular Hbond substituents is 1. The van der Waals surface area contributed by atoms with Crippen molar-refractivity contribution in [3.05, 3.63) is 192 Å². The molecule has 0 amide bonds. The summed E-state index contributed by atoms with van der Waals surface area (Å²) >= 11 is 0. The van der Waals surface area contributed by atoms with Gasteiger partial charge in [0.1, 0.15) is 11.6 Å². The zero-order chi connectivity index (χ0) is 43.3. The number of phenols is 1. The number of hydrogen-bond donors (Lipinski definition) is 1. The molecule has 0 unspecified atom stereocenters. The molecule has 60 heavy (non-hydrogen) atoms. The van der Waals surface area contributed by atoms with Crippen LogP contribution in [0.4, 0.5) is 0 Å². The molecule has 2 aromatic heterocycles. The first-order chi connectivity index (χ1) is 29.7. The predicted molar refractivity (Wildman–Crippen MR) is 245 cm³/mol. The van der Waals surface area contributed by atoms with Crippen LogP contribution in [0.25, 0.3) is 83.9 Å². The second-order valence-electron chi connectivity index (χ2n) is 16.4. The first-order valence-corrected chi connectivity index (χ1v) is 20.0. The van der Waals surface area contributed by atoms with Gasteiger partial charge in [0.05, 0.1) is 22.3 Å². The van der Waals surface area contributed by atoms with E-state index >= 15 is 0 Å². The van der Waals surface area contributed by atoms with Gasteiger partial charge in [0.25, 0.3) is 0 Å². The van der Waals surface area contributed by atoms with Crippen LogP contribution in [0.3, 0.4) is 0 Å². The molecule has 5 heteroatoms. The summed E-state index contributed by atoms with van der Waals surface area (Å²) < 4.78 is 27.1. The minimum Gasteiger partial charge on any atom is -0.507 e. The van der Waals surface area contributed by atoms with Gasteiger partial charge in [0.15, 0.2) is 0 Å². The summed E-state index contributed by atoms with van der Waals surface area (Å²) in [5, 5.41) is 12.2. The normalized spacial score (nSPS) is 12.4. The molecule has 0 saturated heterocycles. The molecule has 2 heterocycles. The van der Waals surface area contributed by atoms with Crippen LogP contribution in [-0.2, 0) is 26.5 Å². The zero-order valence-electron chi connectivity index (χ0n) is 37.2. The molecule has 0 spiro atoms. The van der Waals surface area contributed by atoms with Gasteiger partial charge in [0.2, 0.25) is 0 Å². The Labute approximate surface area is 371 Å². The van der Waals surface area contributed by atoms with E-state index in [1.54, 1.807) is 12.1 Å². The molecule has 0 aliphatic carbocycles. The number of rotatable bonds is 7. The van der Waals surface area contributed by atoms with E-state index in [0.29, 0.717) is 16.9 Å². The van der Waals surface area contributed by atoms with E-state index in [2.05, 4.69) is 99.0 Å². The molecule has 0 radical (unpaired) electrons. The molecule has 9 rings (SSSR count). The molecule has 9 aromatic rings. The van der Waals surface area contributed by atoms with Crippen LogP contribution >= 0.6 is 0 Å². The average Bonchev–Trinajstić information content (AvgIpc) is 3.66. The van der Waals surface area contributed by atoms with Crippen LogP contribution in [0.2, 0.25) is 0 Å². The number of aryl methyl sites for hydroxylation is 3. The number of hydrogen-bond acceptors (Lipinski definition) is 3. The van der Waals surface area contributed by atoms with Crippen LogP contribution < -0.4 is 0 Å². The second-order valence-corrected chi connectivity index (χ2v) is 16.4. The topological polar surface area (TPSA) is 50.9 Å². The van der Waals surface area contributed by atoms with Crippen molar-refractivity contribution in [2.75, 3.05) is 0 Å². The SMILES string of the molecule is [2H]C([2H])([2H])c1ccc(-n2c(-c3cc(C)cc(C(C)(C)C)c3O)nc3c(-c4[c-]c(-c5cc(-c6ccc(C)cc6)ccn5)cc(-c5ccccc5)c4)cccc32)c(-c2ccccc2)c1.[Pt]. The van der Waals surface area contributed by atoms with Gasteiger partial charge in [-0.1, -0.05) is 164 Å². The molecule has 7 aromatic carbocycles. The first kappa shape index (κ1) is 36.7. The summed E-state index contributed by atoms with van der Waals surface area (Å²) in [7, 11) is 0. The molecule has 1 N–H and O–H groups in total. The summed E-state index contributed by atoms with van der Waals surface area (Å²) in [5.41, 5.74) is 14.8. The van der Waals surface area contributed by atoms with Gasteiger partial charge >= 0.3 is 0 Å². The fraction of sp³-hybridized carbons (Fsp3) is 0.127. The standard InChI is InChI=1S/C55H46N3O.Pt/c1-35-20-23-39(24-21-35)41-26-27-56-49(34-41)44-32-42(38-14-9-7-10-15-38)31-43(33-44)45-18-13-19-51-52(45)57-54(47-29-37(3)30-48(53(47)59)55(4,5)6)58(51)50-25-22-36(2)28-46(50)40-16-11-8-12-17-40;/h7-32,34,59H,1-6H3;/q-1;/i2D3;. The van der Waals surface area contributed by atoms with Crippen molar-refractivity contribution in [2.24, 2.45) is 0 Å². The van der Waals surface area contributed by atoms with Crippen molar-refractivity contribution in [2.45, 2.75) is 46.9 Å². The van der Waals surface area contributed by atoms with Crippen molar-refractivity contribution >= 4 is 11.0 Å². The predicted octanol–water partition coefficient (Wildman–Crippen LogP) is 14.1. The Morgan fingerprint density at radius 2 is 1.25 bits per heavy atom. The summed E-state index contributed by atoms with van der Waals surface area (Å²) in [6.45, 7) is 8.07. The van der Waals surface area contributed by atoms with Gasteiger partial charge in [-0.2, -0.15) is 0 Å². The Morgan fingerprint density at radius 1 is 0.583 bits per heavy atom. The summed E-state index contributed by atoms with van der Waals surface area (Å²) in [4.78, 5) is 10.4. The molecular formula is C55H46N3OPt-. The third-order valence-corrected chi connectivity index (χ3v) is 11.0. The third kappa shape index (κ3) is 7.76. The number of fused-ring (bicyclic) bond motifs is 1. The fourth-order valence-electron chi connectivity index (χ4n) is 8.00. The van der Waals surface area contributed by atoms with Gasteiger partial charge in [-0.3, -0.25) is 9.55 Å². The summed E-state index contributed by atoms with van der Waals surface area (Å²) in [6, 6.07) is 56.3. The van der Waals surface area contributed by atoms with Crippen LogP contribution in [-0.4, -0.2) is 19.6 Å². The third-order valence-electron chi connectivity index (χ3n) is 11.0. The second kappa shape index (κ2) is 16.4. The fourth-order valence-corrected chi connectivity index (χ4v) is 8.00. The van der Waals surface area contributed by atoms with Gasteiger partial charge in [-0.05, 0) is 84.3 Å². The monoisotopic (exact) mass is 962 g/mol. The van der Waals surface area contributed by atoms with E-state index in [9.17, 15) is 5.11 Å². The van der Waals surface area contributed by atoms with E-state index in [0.717, 1.165) is 78.1 Å². The van der Waals surface area contributed by atoms with Crippen molar-refractivity contribution < 1.29 is 30.3 Å². The molecule has 0 fully saturated rings. The van der Waals surface area contributed by atoms with Crippen molar-refractivity contribution in [1.82, 2.24) is 14.5 Å².